The summed E-state index contributed by atoms with van der Waals surface area (Å²) in [6.45, 7) is 1.02. The predicted octanol–water partition coefficient (Wildman–Crippen LogP) is 1.07. The van der Waals surface area contributed by atoms with Gasteiger partial charge in [-0.1, -0.05) is 12.1 Å². The predicted molar refractivity (Wildman–Crippen MR) is 72.6 cm³/mol. The number of hydrogen-bond donors (Lipinski definition) is 1. The van der Waals surface area contributed by atoms with Gasteiger partial charge < -0.3 is 10.5 Å². The first-order valence-electron chi connectivity index (χ1n) is 5.73. The molecular weight excluding hydrogens is 252 g/mol. The number of nitrogens with two attached hydrogens (primary N) is 1. The van der Waals surface area contributed by atoms with Crippen molar-refractivity contribution >= 4 is 15.7 Å². The van der Waals surface area contributed by atoms with Gasteiger partial charge in [0.15, 0.2) is 0 Å². The highest BCUT2D eigenvalue weighted by Gasteiger charge is 2.17. The number of rotatable bonds is 7. The van der Waals surface area contributed by atoms with Gasteiger partial charge in [0.2, 0.25) is 10.0 Å². The zero-order chi connectivity index (χ0) is 13.6. The van der Waals surface area contributed by atoms with Crippen LogP contribution >= 0.6 is 0 Å². The molecule has 0 amide bonds. The van der Waals surface area contributed by atoms with E-state index in [1.807, 2.05) is 0 Å². The Morgan fingerprint density at radius 1 is 1.28 bits per heavy atom. The average Bonchev–Trinajstić information content (AvgIpc) is 2.32. The Morgan fingerprint density at radius 2 is 1.89 bits per heavy atom. The lowest BCUT2D eigenvalue weighted by Crippen LogP contribution is -2.29. The Labute approximate surface area is 109 Å². The Bertz CT molecular complexity index is 457. The van der Waals surface area contributed by atoms with E-state index < -0.39 is 10.0 Å². The standard InChI is InChI=1S/C12H20N2O3S/c1-14(8-3-9-17-2)18(15,16)10-11-4-6-12(13)7-5-11/h4-7H,3,8-10,13H2,1-2H3. The average molecular weight is 272 g/mol. The molecule has 0 aliphatic rings. The van der Waals surface area contributed by atoms with Crippen LogP contribution < -0.4 is 5.73 Å². The normalized spacial score (nSPS) is 11.9. The summed E-state index contributed by atoms with van der Waals surface area (Å²) in [5.74, 6) is -0.00321. The number of benzene rings is 1. The second-order valence-corrected chi connectivity index (χ2v) is 6.24. The van der Waals surface area contributed by atoms with Crippen molar-refractivity contribution < 1.29 is 13.2 Å². The van der Waals surface area contributed by atoms with E-state index in [0.717, 1.165) is 5.56 Å². The third-order valence-electron chi connectivity index (χ3n) is 2.63. The van der Waals surface area contributed by atoms with Crippen molar-refractivity contribution in [2.45, 2.75) is 12.2 Å². The molecule has 1 aromatic rings. The van der Waals surface area contributed by atoms with Crippen molar-refractivity contribution in [3.05, 3.63) is 29.8 Å². The molecule has 0 heterocycles. The molecule has 0 atom stereocenters. The summed E-state index contributed by atoms with van der Waals surface area (Å²) >= 11 is 0. The van der Waals surface area contributed by atoms with Crippen LogP contribution in [-0.2, 0) is 20.5 Å². The van der Waals surface area contributed by atoms with Gasteiger partial charge in [0, 0.05) is 33.0 Å². The maximum atomic E-state index is 12.0. The van der Waals surface area contributed by atoms with Gasteiger partial charge in [-0.3, -0.25) is 0 Å². The topological polar surface area (TPSA) is 72.6 Å². The zero-order valence-electron chi connectivity index (χ0n) is 10.8. The van der Waals surface area contributed by atoms with Gasteiger partial charge in [0.1, 0.15) is 0 Å². The first-order valence-corrected chi connectivity index (χ1v) is 7.34. The molecule has 0 unspecified atom stereocenters. The number of sulfonamides is 1. The number of nitrogens with zero attached hydrogens (tertiary/aromatic N) is 1. The van der Waals surface area contributed by atoms with Gasteiger partial charge in [-0.2, -0.15) is 0 Å². The van der Waals surface area contributed by atoms with Crippen molar-refractivity contribution in [2.75, 3.05) is 33.0 Å². The minimum atomic E-state index is -3.27. The third kappa shape index (κ3) is 4.64. The lowest BCUT2D eigenvalue weighted by atomic mass is 10.2. The highest BCUT2D eigenvalue weighted by atomic mass is 32.2. The molecule has 0 bridgehead atoms. The molecule has 0 aliphatic carbocycles. The summed E-state index contributed by atoms with van der Waals surface area (Å²) < 4.78 is 30.3. The molecule has 6 heteroatoms. The molecule has 18 heavy (non-hydrogen) atoms. The van der Waals surface area contributed by atoms with Gasteiger partial charge >= 0.3 is 0 Å². The van der Waals surface area contributed by atoms with Gasteiger partial charge in [-0.05, 0) is 24.1 Å². The molecule has 0 saturated heterocycles. The Hall–Kier alpha value is -1.11. The summed E-state index contributed by atoms with van der Waals surface area (Å²) in [7, 11) is -0.0840. The number of hydrogen-bond acceptors (Lipinski definition) is 4. The summed E-state index contributed by atoms with van der Waals surface area (Å²) in [4.78, 5) is 0. The smallest absolute Gasteiger partial charge is 0.218 e. The van der Waals surface area contributed by atoms with E-state index in [1.165, 1.54) is 4.31 Å². The molecule has 2 N–H and O–H groups in total. The SMILES string of the molecule is COCCCN(C)S(=O)(=O)Cc1ccc(N)cc1. The van der Waals surface area contributed by atoms with Crippen molar-refractivity contribution in [2.24, 2.45) is 0 Å². The van der Waals surface area contributed by atoms with E-state index in [4.69, 9.17) is 10.5 Å². The minimum absolute atomic E-state index is 0.00321. The van der Waals surface area contributed by atoms with E-state index in [0.29, 0.717) is 25.3 Å². The van der Waals surface area contributed by atoms with E-state index in [2.05, 4.69) is 0 Å². The van der Waals surface area contributed by atoms with Crippen LogP contribution in [0.2, 0.25) is 0 Å². The quantitative estimate of drug-likeness (QED) is 0.595. The molecule has 102 valence electrons. The van der Waals surface area contributed by atoms with Crippen LogP contribution in [0.4, 0.5) is 5.69 Å². The zero-order valence-corrected chi connectivity index (χ0v) is 11.6. The van der Waals surface area contributed by atoms with Crippen molar-refractivity contribution in [3.8, 4) is 0 Å². The molecule has 0 spiro atoms. The molecule has 0 aliphatic heterocycles. The Kier molecular flexibility index (Phi) is 5.58. The Morgan fingerprint density at radius 3 is 2.44 bits per heavy atom. The van der Waals surface area contributed by atoms with Crippen molar-refractivity contribution in [3.63, 3.8) is 0 Å². The van der Waals surface area contributed by atoms with Crippen LogP contribution in [0.25, 0.3) is 0 Å². The van der Waals surface area contributed by atoms with Crippen LogP contribution in [0.5, 0.6) is 0 Å². The number of anilines is 1. The first kappa shape index (κ1) is 14.9. The summed E-state index contributed by atoms with van der Waals surface area (Å²) in [5, 5.41) is 0. The number of nitrogen functional groups attached to an aromatic ring is 1. The second kappa shape index (κ2) is 6.72. The maximum absolute atomic E-state index is 12.0. The van der Waals surface area contributed by atoms with Gasteiger partial charge in [-0.25, -0.2) is 12.7 Å². The maximum Gasteiger partial charge on any atom is 0.218 e. The van der Waals surface area contributed by atoms with Crippen molar-refractivity contribution in [1.82, 2.24) is 4.31 Å². The van der Waals surface area contributed by atoms with E-state index in [-0.39, 0.29) is 5.75 Å². The third-order valence-corrected chi connectivity index (χ3v) is 4.46. The largest absolute Gasteiger partial charge is 0.399 e. The molecule has 0 saturated carbocycles. The lowest BCUT2D eigenvalue weighted by Gasteiger charge is -2.16. The fourth-order valence-electron chi connectivity index (χ4n) is 1.51. The fraction of sp³-hybridized carbons (Fsp3) is 0.500. The second-order valence-electron chi connectivity index (χ2n) is 4.17. The highest BCUT2D eigenvalue weighted by Crippen LogP contribution is 2.12. The van der Waals surface area contributed by atoms with E-state index in [1.54, 1.807) is 38.4 Å². The molecule has 5 nitrogen and oxygen atoms in total. The Balaban J connectivity index is 2.60. The first-order chi connectivity index (χ1) is 8.45. The van der Waals surface area contributed by atoms with Crippen LogP contribution in [0.1, 0.15) is 12.0 Å². The molecule has 0 radical (unpaired) electrons. The van der Waals surface area contributed by atoms with E-state index >= 15 is 0 Å². The van der Waals surface area contributed by atoms with Crippen LogP contribution in [-0.4, -0.2) is 40.0 Å². The number of methoxy groups -OCH3 is 1. The summed E-state index contributed by atoms with van der Waals surface area (Å²) in [6, 6.07) is 6.87. The van der Waals surface area contributed by atoms with Crippen LogP contribution in [0, 0.1) is 0 Å². The van der Waals surface area contributed by atoms with Crippen LogP contribution in [0.3, 0.4) is 0 Å². The van der Waals surface area contributed by atoms with Gasteiger partial charge in [0.05, 0.1) is 5.75 Å². The number of ether oxygens (including phenoxy) is 1. The lowest BCUT2D eigenvalue weighted by molar-refractivity contribution is 0.189. The summed E-state index contributed by atoms with van der Waals surface area (Å²) in [5.41, 5.74) is 6.93. The molecule has 1 rings (SSSR count). The van der Waals surface area contributed by atoms with Gasteiger partial charge in [0.25, 0.3) is 0 Å². The highest BCUT2D eigenvalue weighted by molar-refractivity contribution is 7.88. The molecule has 0 aromatic heterocycles. The minimum Gasteiger partial charge on any atom is -0.399 e. The fourth-order valence-corrected chi connectivity index (χ4v) is 2.75. The van der Waals surface area contributed by atoms with Gasteiger partial charge in [-0.15, -0.1) is 0 Å². The van der Waals surface area contributed by atoms with Crippen LogP contribution in [0.15, 0.2) is 24.3 Å². The molecular formula is C12H20N2O3S. The molecule has 0 fully saturated rings. The monoisotopic (exact) mass is 272 g/mol. The summed E-state index contributed by atoms with van der Waals surface area (Å²) in [6.07, 6.45) is 0.688. The molecule has 1 aromatic carbocycles. The van der Waals surface area contributed by atoms with Crippen molar-refractivity contribution in [1.29, 1.82) is 0 Å². The van der Waals surface area contributed by atoms with E-state index in [9.17, 15) is 8.42 Å².